The van der Waals surface area contributed by atoms with Crippen LogP contribution in [0, 0.1) is 6.92 Å². The first-order valence-electron chi connectivity index (χ1n) is 9.54. The van der Waals surface area contributed by atoms with Gasteiger partial charge in [-0.25, -0.2) is 4.98 Å². The van der Waals surface area contributed by atoms with Crippen molar-refractivity contribution < 1.29 is 9.59 Å². The number of thiazole rings is 1. The standard InChI is InChI=1S/C21H27N3O2S/c1-15-6-3-4-7-17(15)12-20(26)24-11-5-8-18(13-24)21-23-19(14-27-21)9-10-22-16(2)25/h3-4,6-7,14,18H,5,8-13H2,1-2H3,(H,22,25). The van der Waals surface area contributed by atoms with Crippen LogP contribution in [0.25, 0.3) is 0 Å². The molecule has 0 spiro atoms. The second kappa shape index (κ2) is 9.13. The van der Waals surface area contributed by atoms with Crippen LogP contribution in [0.4, 0.5) is 0 Å². The van der Waals surface area contributed by atoms with Gasteiger partial charge in [0.2, 0.25) is 11.8 Å². The van der Waals surface area contributed by atoms with Crippen molar-refractivity contribution in [3.8, 4) is 0 Å². The summed E-state index contributed by atoms with van der Waals surface area (Å²) in [4.78, 5) is 30.5. The molecule has 0 saturated carbocycles. The lowest BCUT2D eigenvalue weighted by Gasteiger charge is -2.32. The summed E-state index contributed by atoms with van der Waals surface area (Å²) in [7, 11) is 0. The van der Waals surface area contributed by atoms with E-state index in [2.05, 4.69) is 23.7 Å². The molecular formula is C21H27N3O2S. The van der Waals surface area contributed by atoms with E-state index in [-0.39, 0.29) is 11.8 Å². The number of nitrogens with zero attached hydrogens (tertiary/aromatic N) is 2. The first-order valence-corrected chi connectivity index (χ1v) is 10.4. The van der Waals surface area contributed by atoms with E-state index in [4.69, 9.17) is 4.98 Å². The Balaban J connectivity index is 1.57. The van der Waals surface area contributed by atoms with Crippen molar-refractivity contribution in [2.45, 2.75) is 45.4 Å². The highest BCUT2D eigenvalue weighted by molar-refractivity contribution is 7.09. The first-order chi connectivity index (χ1) is 13.0. The molecule has 2 amide bonds. The topological polar surface area (TPSA) is 62.3 Å². The average Bonchev–Trinajstić information content (AvgIpc) is 3.12. The molecule has 1 saturated heterocycles. The van der Waals surface area contributed by atoms with Crippen LogP contribution in [0.5, 0.6) is 0 Å². The van der Waals surface area contributed by atoms with E-state index in [1.807, 2.05) is 23.1 Å². The summed E-state index contributed by atoms with van der Waals surface area (Å²) < 4.78 is 0. The highest BCUT2D eigenvalue weighted by atomic mass is 32.1. The molecular weight excluding hydrogens is 358 g/mol. The van der Waals surface area contributed by atoms with E-state index in [9.17, 15) is 9.59 Å². The molecule has 1 aromatic carbocycles. The van der Waals surface area contributed by atoms with Crippen LogP contribution < -0.4 is 5.32 Å². The van der Waals surface area contributed by atoms with Gasteiger partial charge in [0.15, 0.2) is 0 Å². The Morgan fingerprint density at radius 1 is 1.33 bits per heavy atom. The lowest BCUT2D eigenvalue weighted by molar-refractivity contribution is -0.131. The minimum absolute atomic E-state index is 0.0134. The smallest absolute Gasteiger partial charge is 0.227 e. The molecule has 6 heteroatoms. The maximum absolute atomic E-state index is 12.8. The molecule has 5 nitrogen and oxygen atoms in total. The largest absolute Gasteiger partial charge is 0.356 e. The molecule has 27 heavy (non-hydrogen) atoms. The molecule has 1 aromatic heterocycles. The van der Waals surface area contributed by atoms with Gasteiger partial charge in [0.05, 0.1) is 17.1 Å². The highest BCUT2D eigenvalue weighted by Crippen LogP contribution is 2.29. The fraction of sp³-hybridized carbons (Fsp3) is 0.476. The number of piperidine rings is 1. The van der Waals surface area contributed by atoms with E-state index in [0.717, 1.165) is 48.6 Å². The Hall–Kier alpha value is -2.21. The molecule has 1 N–H and O–H groups in total. The highest BCUT2D eigenvalue weighted by Gasteiger charge is 2.26. The van der Waals surface area contributed by atoms with Gasteiger partial charge in [-0.3, -0.25) is 9.59 Å². The molecule has 0 radical (unpaired) electrons. The molecule has 1 unspecified atom stereocenters. The number of aryl methyl sites for hydroxylation is 1. The SMILES string of the molecule is CC(=O)NCCc1csc(C2CCCN(C(=O)Cc3ccccc3C)C2)n1. The van der Waals surface area contributed by atoms with Gasteiger partial charge >= 0.3 is 0 Å². The monoisotopic (exact) mass is 385 g/mol. The summed E-state index contributed by atoms with van der Waals surface area (Å²) in [6.45, 7) is 5.78. The first kappa shape index (κ1) is 19.5. The fourth-order valence-electron chi connectivity index (χ4n) is 3.48. The van der Waals surface area contributed by atoms with Gasteiger partial charge in [0.25, 0.3) is 0 Å². The number of likely N-dealkylation sites (tertiary alicyclic amines) is 1. The molecule has 1 aliphatic rings. The number of hydrogen-bond donors (Lipinski definition) is 1. The maximum atomic E-state index is 12.8. The predicted molar refractivity (Wildman–Crippen MR) is 108 cm³/mol. The fourth-order valence-corrected chi connectivity index (χ4v) is 4.46. The van der Waals surface area contributed by atoms with E-state index in [1.165, 1.54) is 12.5 Å². The van der Waals surface area contributed by atoms with Gasteiger partial charge in [-0.15, -0.1) is 11.3 Å². The van der Waals surface area contributed by atoms with Crippen molar-refractivity contribution in [3.63, 3.8) is 0 Å². The lowest BCUT2D eigenvalue weighted by Crippen LogP contribution is -2.40. The number of aromatic nitrogens is 1. The van der Waals surface area contributed by atoms with Crippen LogP contribution in [-0.2, 0) is 22.4 Å². The number of carbonyl (C=O) groups is 2. The third-order valence-electron chi connectivity index (χ3n) is 5.05. The maximum Gasteiger partial charge on any atom is 0.227 e. The van der Waals surface area contributed by atoms with Gasteiger partial charge < -0.3 is 10.2 Å². The van der Waals surface area contributed by atoms with Gasteiger partial charge in [0, 0.05) is 44.3 Å². The van der Waals surface area contributed by atoms with Gasteiger partial charge in [0.1, 0.15) is 0 Å². The quantitative estimate of drug-likeness (QED) is 0.831. The van der Waals surface area contributed by atoms with Gasteiger partial charge in [-0.2, -0.15) is 0 Å². The Morgan fingerprint density at radius 2 is 2.15 bits per heavy atom. The van der Waals surface area contributed by atoms with Gasteiger partial charge in [-0.1, -0.05) is 24.3 Å². The molecule has 1 atom stereocenters. The number of amides is 2. The zero-order chi connectivity index (χ0) is 19.2. The van der Waals surface area contributed by atoms with Crippen LogP contribution in [0.3, 0.4) is 0 Å². The molecule has 0 aliphatic carbocycles. The Labute approximate surface area is 164 Å². The minimum atomic E-state index is -0.0134. The number of carbonyl (C=O) groups excluding carboxylic acids is 2. The van der Waals surface area contributed by atoms with Gasteiger partial charge in [-0.05, 0) is 30.9 Å². The van der Waals surface area contributed by atoms with E-state index < -0.39 is 0 Å². The van der Waals surface area contributed by atoms with Crippen molar-refractivity contribution in [2.24, 2.45) is 0 Å². The van der Waals surface area contributed by atoms with Crippen LogP contribution >= 0.6 is 11.3 Å². The zero-order valence-corrected chi connectivity index (χ0v) is 16.8. The molecule has 1 fully saturated rings. The Morgan fingerprint density at radius 3 is 2.93 bits per heavy atom. The lowest BCUT2D eigenvalue weighted by atomic mass is 9.97. The van der Waals surface area contributed by atoms with Crippen molar-refractivity contribution in [1.29, 1.82) is 0 Å². The van der Waals surface area contributed by atoms with Crippen LogP contribution in [0.2, 0.25) is 0 Å². The third kappa shape index (κ3) is 5.39. The summed E-state index contributed by atoms with van der Waals surface area (Å²) in [5.41, 5.74) is 3.30. The van der Waals surface area contributed by atoms with Crippen LogP contribution in [-0.4, -0.2) is 41.3 Å². The van der Waals surface area contributed by atoms with Crippen LogP contribution in [0.15, 0.2) is 29.6 Å². The number of nitrogens with one attached hydrogen (secondary N) is 1. The normalized spacial score (nSPS) is 17.0. The number of benzene rings is 1. The average molecular weight is 386 g/mol. The number of rotatable bonds is 6. The second-order valence-corrected chi connectivity index (χ2v) is 8.08. The molecule has 0 bridgehead atoms. The van der Waals surface area contributed by atoms with E-state index >= 15 is 0 Å². The minimum Gasteiger partial charge on any atom is -0.356 e. The van der Waals surface area contributed by atoms with Crippen molar-refractivity contribution in [3.05, 3.63) is 51.5 Å². The Bertz CT molecular complexity index is 802. The summed E-state index contributed by atoms with van der Waals surface area (Å²) in [5, 5.41) is 5.99. The van der Waals surface area contributed by atoms with E-state index in [0.29, 0.717) is 18.9 Å². The second-order valence-electron chi connectivity index (χ2n) is 7.19. The summed E-state index contributed by atoms with van der Waals surface area (Å²) in [6, 6.07) is 8.09. The number of hydrogen-bond acceptors (Lipinski definition) is 4. The van der Waals surface area contributed by atoms with E-state index in [1.54, 1.807) is 11.3 Å². The van der Waals surface area contributed by atoms with Crippen LogP contribution in [0.1, 0.15) is 47.5 Å². The molecule has 1 aliphatic heterocycles. The summed E-state index contributed by atoms with van der Waals surface area (Å²) in [5.74, 6) is 0.510. The van der Waals surface area contributed by atoms with Crippen molar-refractivity contribution in [2.75, 3.05) is 19.6 Å². The molecule has 144 valence electrons. The van der Waals surface area contributed by atoms with Crippen molar-refractivity contribution in [1.82, 2.24) is 15.2 Å². The zero-order valence-electron chi connectivity index (χ0n) is 16.0. The third-order valence-corrected chi connectivity index (χ3v) is 6.11. The summed E-state index contributed by atoms with van der Waals surface area (Å²) in [6.07, 6.45) is 3.32. The molecule has 2 heterocycles. The molecule has 3 rings (SSSR count). The van der Waals surface area contributed by atoms with Crippen molar-refractivity contribution >= 4 is 23.2 Å². The predicted octanol–water partition coefficient (Wildman–Crippen LogP) is 3.08. The Kier molecular flexibility index (Phi) is 6.61. The molecule has 2 aromatic rings. The summed E-state index contributed by atoms with van der Waals surface area (Å²) >= 11 is 1.67.